The van der Waals surface area contributed by atoms with Gasteiger partial charge in [-0.25, -0.2) is 18.7 Å². The lowest BCUT2D eigenvalue weighted by Gasteiger charge is -2.28. The van der Waals surface area contributed by atoms with Crippen LogP contribution in [0.3, 0.4) is 0 Å². The third-order valence-corrected chi connectivity index (χ3v) is 5.36. The van der Waals surface area contributed by atoms with Crippen LogP contribution >= 0.6 is 0 Å². The van der Waals surface area contributed by atoms with Crippen LogP contribution in [0.25, 0.3) is 0 Å². The average Bonchev–Trinajstić information content (AvgIpc) is 2.76. The third kappa shape index (κ3) is 6.05. The number of amides is 1. The zero-order valence-electron chi connectivity index (χ0n) is 19.1. The molecule has 1 fully saturated rings. The topological polar surface area (TPSA) is 131 Å². The van der Waals surface area contributed by atoms with E-state index >= 15 is 4.39 Å². The Bertz CT molecular complexity index is 981. The average molecular weight is 464 g/mol. The van der Waals surface area contributed by atoms with Gasteiger partial charge in [-0.2, -0.15) is 0 Å². The van der Waals surface area contributed by atoms with Gasteiger partial charge in [-0.1, -0.05) is 13.8 Å². The lowest BCUT2D eigenvalue weighted by atomic mass is 9.99. The smallest absolute Gasteiger partial charge is 0.252 e. The predicted molar refractivity (Wildman–Crippen MR) is 124 cm³/mol. The monoisotopic (exact) mass is 463 g/mol. The summed E-state index contributed by atoms with van der Waals surface area (Å²) >= 11 is 0. The van der Waals surface area contributed by atoms with Crippen LogP contribution in [0, 0.1) is 17.6 Å². The van der Waals surface area contributed by atoms with E-state index in [1.807, 2.05) is 20.8 Å². The quantitative estimate of drug-likeness (QED) is 0.446. The van der Waals surface area contributed by atoms with Gasteiger partial charge in [-0.3, -0.25) is 4.79 Å². The Kier molecular flexibility index (Phi) is 7.98. The molecule has 3 heterocycles. The molecule has 3 rings (SSSR count). The van der Waals surface area contributed by atoms with E-state index in [-0.39, 0.29) is 40.8 Å². The van der Waals surface area contributed by atoms with Gasteiger partial charge in [0, 0.05) is 31.4 Å². The molecular weight excluding hydrogens is 432 g/mol. The molecule has 0 spiro atoms. The van der Waals surface area contributed by atoms with Gasteiger partial charge in [0.25, 0.3) is 5.91 Å². The predicted octanol–water partition coefficient (Wildman–Crippen LogP) is 2.61. The van der Waals surface area contributed by atoms with Crippen molar-refractivity contribution in [3.63, 3.8) is 0 Å². The molecule has 33 heavy (non-hydrogen) atoms. The third-order valence-electron chi connectivity index (χ3n) is 5.36. The summed E-state index contributed by atoms with van der Waals surface area (Å²) in [5, 5.41) is 5.81. The van der Waals surface area contributed by atoms with Gasteiger partial charge in [-0.05, 0) is 31.4 Å². The summed E-state index contributed by atoms with van der Waals surface area (Å²) in [5.74, 6) is -1.99. The number of nitrogens with one attached hydrogen (secondary N) is 2. The second kappa shape index (κ2) is 10.7. The van der Waals surface area contributed by atoms with E-state index in [2.05, 4.69) is 20.6 Å². The Morgan fingerprint density at radius 3 is 2.55 bits per heavy atom. The molecule has 2 aromatic rings. The summed E-state index contributed by atoms with van der Waals surface area (Å²) in [6.07, 6.45) is 2.12. The van der Waals surface area contributed by atoms with Crippen LogP contribution in [-0.2, 0) is 4.74 Å². The van der Waals surface area contributed by atoms with Crippen LogP contribution in [-0.4, -0.2) is 54.3 Å². The molecule has 9 nitrogen and oxygen atoms in total. The first kappa shape index (κ1) is 24.6. The SMILES string of the molecule is CC(C)C[C@@H](Nc1nc(Nc2ccnc(N3CCOCC3)c2F)c(C(N)=O)cc1F)[C@H](C)N. The summed E-state index contributed by atoms with van der Waals surface area (Å²) in [5.41, 5.74) is 11.3. The lowest BCUT2D eigenvalue weighted by molar-refractivity contribution is 0.100. The molecule has 2 atom stereocenters. The van der Waals surface area contributed by atoms with E-state index < -0.39 is 17.5 Å². The van der Waals surface area contributed by atoms with E-state index in [1.54, 1.807) is 4.90 Å². The van der Waals surface area contributed by atoms with Gasteiger partial charge in [0.15, 0.2) is 23.3 Å². The molecule has 180 valence electrons. The first-order chi connectivity index (χ1) is 15.7. The minimum Gasteiger partial charge on any atom is -0.378 e. The fourth-order valence-electron chi connectivity index (χ4n) is 3.61. The van der Waals surface area contributed by atoms with Gasteiger partial charge in [-0.15, -0.1) is 0 Å². The van der Waals surface area contributed by atoms with E-state index in [4.69, 9.17) is 16.2 Å². The van der Waals surface area contributed by atoms with Crippen molar-refractivity contribution in [1.29, 1.82) is 0 Å². The van der Waals surface area contributed by atoms with Crippen LogP contribution < -0.4 is 27.0 Å². The van der Waals surface area contributed by atoms with E-state index in [0.717, 1.165) is 6.07 Å². The van der Waals surface area contributed by atoms with Crippen LogP contribution in [0.4, 0.5) is 31.9 Å². The Balaban J connectivity index is 1.95. The van der Waals surface area contributed by atoms with E-state index in [1.165, 1.54) is 12.3 Å². The Morgan fingerprint density at radius 1 is 1.24 bits per heavy atom. The first-order valence-electron chi connectivity index (χ1n) is 10.9. The highest BCUT2D eigenvalue weighted by atomic mass is 19.1. The molecule has 1 amide bonds. The molecule has 0 radical (unpaired) electrons. The summed E-state index contributed by atoms with van der Waals surface area (Å²) < 4.78 is 35.3. The van der Waals surface area contributed by atoms with Crippen molar-refractivity contribution >= 4 is 29.0 Å². The van der Waals surface area contributed by atoms with E-state index in [0.29, 0.717) is 38.6 Å². The molecule has 1 aliphatic rings. The van der Waals surface area contributed by atoms with Crippen molar-refractivity contribution in [3.8, 4) is 0 Å². The Morgan fingerprint density at radius 2 is 1.94 bits per heavy atom. The molecule has 2 aromatic heterocycles. The van der Waals surface area contributed by atoms with Crippen molar-refractivity contribution in [2.45, 2.75) is 39.3 Å². The Hall–Kier alpha value is -3.05. The van der Waals surface area contributed by atoms with Crippen molar-refractivity contribution in [2.24, 2.45) is 17.4 Å². The first-order valence-corrected chi connectivity index (χ1v) is 10.9. The fourth-order valence-corrected chi connectivity index (χ4v) is 3.61. The highest BCUT2D eigenvalue weighted by Gasteiger charge is 2.23. The zero-order valence-corrected chi connectivity index (χ0v) is 19.1. The highest BCUT2D eigenvalue weighted by Crippen LogP contribution is 2.29. The number of hydrogen-bond donors (Lipinski definition) is 4. The minimum absolute atomic E-state index is 0.0324. The number of hydrogen-bond acceptors (Lipinski definition) is 8. The van der Waals surface area contributed by atoms with Gasteiger partial charge < -0.3 is 31.7 Å². The normalized spacial score (nSPS) is 15.9. The largest absolute Gasteiger partial charge is 0.378 e. The lowest BCUT2D eigenvalue weighted by Crippen LogP contribution is -2.39. The molecule has 1 saturated heterocycles. The maximum atomic E-state index is 15.3. The van der Waals surface area contributed by atoms with Crippen molar-refractivity contribution in [2.75, 3.05) is 41.8 Å². The second-order valence-corrected chi connectivity index (χ2v) is 8.54. The van der Waals surface area contributed by atoms with Crippen LogP contribution in [0.1, 0.15) is 37.6 Å². The molecule has 0 unspecified atom stereocenters. The number of nitrogens with zero attached hydrogens (tertiary/aromatic N) is 3. The minimum atomic E-state index is -0.899. The highest BCUT2D eigenvalue weighted by molar-refractivity contribution is 5.98. The zero-order chi connectivity index (χ0) is 24.1. The number of morpholine rings is 1. The molecule has 0 bridgehead atoms. The van der Waals surface area contributed by atoms with Crippen molar-refractivity contribution < 1.29 is 18.3 Å². The summed E-state index contributed by atoms with van der Waals surface area (Å²) in [4.78, 5) is 22.1. The van der Waals surface area contributed by atoms with E-state index in [9.17, 15) is 9.18 Å². The van der Waals surface area contributed by atoms with Gasteiger partial charge in [0.05, 0.1) is 24.5 Å². The molecule has 0 saturated carbocycles. The molecular formula is C22H31F2N7O2. The van der Waals surface area contributed by atoms with Crippen LogP contribution in [0.5, 0.6) is 0 Å². The Labute approximate surface area is 191 Å². The molecule has 0 aliphatic carbocycles. The molecule has 11 heteroatoms. The molecule has 0 aromatic carbocycles. The van der Waals surface area contributed by atoms with Gasteiger partial charge in [0.2, 0.25) is 0 Å². The number of ether oxygens (including phenoxy) is 1. The van der Waals surface area contributed by atoms with Gasteiger partial charge >= 0.3 is 0 Å². The maximum Gasteiger partial charge on any atom is 0.252 e. The number of carbonyl (C=O) groups excluding carboxylic acids is 1. The number of aromatic nitrogens is 2. The maximum absolute atomic E-state index is 15.3. The summed E-state index contributed by atoms with van der Waals surface area (Å²) in [7, 11) is 0. The molecule has 1 aliphatic heterocycles. The van der Waals surface area contributed by atoms with Gasteiger partial charge in [0.1, 0.15) is 5.82 Å². The van der Waals surface area contributed by atoms with Crippen molar-refractivity contribution in [3.05, 3.63) is 35.5 Å². The van der Waals surface area contributed by atoms with Crippen molar-refractivity contribution in [1.82, 2.24) is 9.97 Å². The number of nitrogens with two attached hydrogens (primary N) is 2. The number of halogens is 2. The van der Waals surface area contributed by atoms with Crippen LogP contribution in [0.2, 0.25) is 0 Å². The number of pyridine rings is 2. The second-order valence-electron chi connectivity index (χ2n) is 8.54. The number of anilines is 4. The number of carbonyl (C=O) groups is 1. The summed E-state index contributed by atoms with van der Waals surface area (Å²) in [6.45, 7) is 7.81. The standard InChI is InChI=1S/C22H31F2N7O2/c1-12(2)10-17(13(3)25)29-21-15(23)11-14(19(26)32)20(30-21)28-16-4-5-27-22(18(16)24)31-6-8-33-9-7-31/h4-5,11-13,17H,6-10,25H2,1-3H3,(H2,26,32)(H2,27,28,29,30)/t13-,17+/m0/s1. The van der Waals surface area contributed by atoms with Crippen LogP contribution in [0.15, 0.2) is 18.3 Å². The fraction of sp³-hybridized carbons (Fsp3) is 0.500. The summed E-state index contributed by atoms with van der Waals surface area (Å²) in [6, 6.07) is 1.85. The molecule has 6 N–H and O–H groups in total. The number of rotatable bonds is 9. The number of primary amides is 1.